The summed E-state index contributed by atoms with van der Waals surface area (Å²) in [6.45, 7) is 15.6. The van der Waals surface area contributed by atoms with E-state index in [0.717, 1.165) is 50.9 Å². The Hall–Kier alpha value is -0.950. The molecule has 5 nitrogen and oxygen atoms in total. The van der Waals surface area contributed by atoms with E-state index in [9.17, 15) is 8.76 Å². The molecule has 1 aromatic carbocycles. The summed E-state index contributed by atoms with van der Waals surface area (Å²) >= 11 is -2.15. The first kappa shape index (κ1) is 23.1. The number of piperazine rings is 1. The zero-order valence-corrected chi connectivity index (χ0v) is 17.7. The smallest absolute Gasteiger partial charge is 0.0378 e. The molecule has 0 aliphatic carbocycles. The number of rotatable bonds is 4. The molecule has 2 fully saturated rings. The first-order valence-corrected chi connectivity index (χ1v) is 11.2. The van der Waals surface area contributed by atoms with Crippen LogP contribution in [0, 0.1) is 5.92 Å². The second-order valence-corrected chi connectivity index (χ2v) is 7.15. The van der Waals surface area contributed by atoms with Gasteiger partial charge in [0.2, 0.25) is 0 Å². The summed E-state index contributed by atoms with van der Waals surface area (Å²) in [5.74, 6) is 0.832. The van der Waals surface area contributed by atoms with E-state index in [0.29, 0.717) is 4.90 Å². The standard InChI is InChI=1S/C16H25N3O2S.2C2H6/c20-22(21)16-3-1-2-15(12-16)19-10-8-18(9-11-19)13-14-4-6-17-7-5-14;2*1-2/h1-3,12,14,17H,4-11,13H2,(H,20,21);2*1-2H3/p-1. The monoisotopic (exact) mass is 382 g/mol. The lowest BCUT2D eigenvalue weighted by Crippen LogP contribution is -2.48. The maximum atomic E-state index is 11.1. The number of hydrogen-bond donors (Lipinski definition) is 1. The lowest BCUT2D eigenvalue weighted by atomic mass is 9.97. The van der Waals surface area contributed by atoms with Gasteiger partial charge in [-0.05, 0) is 61.1 Å². The maximum Gasteiger partial charge on any atom is 0.0378 e. The summed E-state index contributed by atoms with van der Waals surface area (Å²) in [4.78, 5) is 5.21. The molecule has 2 heterocycles. The van der Waals surface area contributed by atoms with Gasteiger partial charge in [0, 0.05) is 43.3 Å². The van der Waals surface area contributed by atoms with Crippen LogP contribution in [0.25, 0.3) is 0 Å². The summed E-state index contributed by atoms with van der Waals surface area (Å²) < 4.78 is 22.2. The second-order valence-electron chi connectivity index (χ2n) is 6.21. The van der Waals surface area contributed by atoms with Crippen molar-refractivity contribution in [1.82, 2.24) is 10.2 Å². The van der Waals surface area contributed by atoms with Crippen molar-refractivity contribution >= 4 is 16.8 Å². The molecular weight excluding hydrogens is 346 g/mol. The van der Waals surface area contributed by atoms with Crippen LogP contribution in [0.1, 0.15) is 40.5 Å². The Morgan fingerprint density at radius 3 is 2.27 bits per heavy atom. The molecule has 0 amide bonds. The van der Waals surface area contributed by atoms with Crippen molar-refractivity contribution in [2.45, 2.75) is 45.4 Å². The Morgan fingerprint density at radius 1 is 1.08 bits per heavy atom. The molecular formula is C20H36N3O2S-. The van der Waals surface area contributed by atoms with Crippen molar-refractivity contribution in [2.75, 3.05) is 50.7 Å². The van der Waals surface area contributed by atoms with Crippen LogP contribution in [0.2, 0.25) is 0 Å². The predicted octanol–water partition coefficient (Wildman–Crippen LogP) is 3.10. The van der Waals surface area contributed by atoms with Crippen molar-refractivity contribution in [1.29, 1.82) is 0 Å². The summed E-state index contributed by atoms with van der Waals surface area (Å²) in [6, 6.07) is 7.23. The third-order valence-corrected chi connectivity index (χ3v) is 5.36. The van der Waals surface area contributed by atoms with Gasteiger partial charge in [0.15, 0.2) is 0 Å². The molecule has 2 aliphatic rings. The van der Waals surface area contributed by atoms with Crippen LogP contribution in [-0.4, -0.2) is 59.5 Å². The quantitative estimate of drug-likeness (QED) is 0.811. The lowest BCUT2D eigenvalue weighted by Gasteiger charge is -2.38. The number of benzene rings is 1. The van der Waals surface area contributed by atoms with Gasteiger partial charge >= 0.3 is 0 Å². The molecule has 150 valence electrons. The molecule has 3 rings (SSSR count). The second kappa shape index (κ2) is 13.3. The fourth-order valence-electron chi connectivity index (χ4n) is 3.40. The molecule has 0 saturated carbocycles. The van der Waals surface area contributed by atoms with E-state index in [1.165, 1.54) is 19.4 Å². The van der Waals surface area contributed by atoms with Crippen LogP contribution < -0.4 is 10.2 Å². The first-order valence-electron chi connectivity index (χ1n) is 10.1. The molecule has 26 heavy (non-hydrogen) atoms. The Kier molecular flexibility index (Phi) is 11.8. The number of nitrogens with one attached hydrogen (secondary N) is 1. The summed E-state index contributed by atoms with van der Waals surface area (Å²) in [5.41, 5.74) is 1.02. The van der Waals surface area contributed by atoms with Crippen molar-refractivity contribution in [3.05, 3.63) is 24.3 Å². The SMILES string of the molecule is CC.CC.O=S([O-])c1cccc(N2CCN(CC3CCNCC3)CC2)c1. The Balaban J connectivity index is 0.000000791. The lowest BCUT2D eigenvalue weighted by molar-refractivity contribution is 0.196. The molecule has 2 saturated heterocycles. The van der Waals surface area contributed by atoms with Crippen molar-refractivity contribution < 1.29 is 8.76 Å². The molecule has 0 radical (unpaired) electrons. The van der Waals surface area contributed by atoms with Gasteiger partial charge in [0.1, 0.15) is 0 Å². The van der Waals surface area contributed by atoms with Gasteiger partial charge in [-0.25, -0.2) is 0 Å². The average molecular weight is 383 g/mol. The van der Waals surface area contributed by atoms with Crippen LogP contribution in [0.15, 0.2) is 29.2 Å². The zero-order valence-electron chi connectivity index (χ0n) is 16.9. The van der Waals surface area contributed by atoms with Gasteiger partial charge in [-0.1, -0.05) is 33.8 Å². The minimum atomic E-state index is -2.15. The maximum absolute atomic E-state index is 11.1. The van der Waals surface area contributed by atoms with Crippen molar-refractivity contribution in [2.24, 2.45) is 5.92 Å². The topological polar surface area (TPSA) is 58.6 Å². The van der Waals surface area contributed by atoms with E-state index >= 15 is 0 Å². The predicted molar refractivity (Wildman–Crippen MR) is 111 cm³/mol. The zero-order chi connectivity index (χ0) is 19.4. The van der Waals surface area contributed by atoms with E-state index in [2.05, 4.69) is 15.1 Å². The molecule has 1 unspecified atom stereocenters. The van der Waals surface area contributed by atoms with Gasteiger partial charge in [0.05, 0.1) is 0 Å². The molecule has 0 bridgehead atoms. The van der Waals surface area contributed by atoms with E-state index in [-0.39, 0.29) is 0 Å². The summed E-state index contributed by atoms with van der Waals surface area (Å²) in [6.07, 6.45) is 2.58. The number of hydrogen-bond acceptors (Lipinski definition) is 5. The minimum absolute atomic E-state index is 0.370. The van der Waals surface area contributed by atoms with E-state index in [1.54, 1.807) is 12.1 Å². The molecule has 1 aromatic rings. The van der Waals surface area contributed by atoms with Gasteiger partial charge in [0.25, 0.3) is 0 Å². The van der Waals surface area contributed by atoms with Crippen molar-refractivity contribution in [3.63, 3.8) is 0 Å². The average Bonchev–Trinajstić information content (AvgIpc) is 2.72. The molecule has 0 aromatic heterocycles. The van der Waals surface area contributed by atoms with E-state index < -0.39 is 11.1 Å². The molecule has 0 spiro atoms. The number of anilines is 1. The van der Waals surface area contributed by atoms with Crippen LogP contribution >= 0.6 is 0 Å². The molecule has 2 aliphatic heterocycles. The fourth-order valence-corrected chi connectivity index (χ4v) is 3.81. The molecule has 1 N–H and O–H groups in total. The van der Waals surface area contributed by atoms with Crippen LogP contribution in [-0.2, 0) is 11.1 Å². The van der Waals surface area contributed by atoms with Gasteiger partial charge in [-0.2, -0.15) is 0 Å². The van der Waals surface area contributed by atoms with Gasteiger partial charge in [-0.15, -0.1) is 0 Å². The third-order valence-electron chi connectivity index (χ3n) is 4.72. The highest BCUT2D eigenvalue weighted by Crippen LogP contribution is 2.21. The van der Waals surface area contributed by atoms with Gasteiger partial charge < -0.3 is 14.8 Å². The van der Waals surface area contributed by atoms with Crippen LogP contribution in [0.5, 0.6) is 0 Å². The van der Waals surface area contributed by atoms with E-state index in [4.69, 9.17) is 0 Å². The fraction of sp³-hybridized carbons (Fsp3) is 0.700. The summed E-state index contributed by atoms with van der Waals surface area (Å²) in [5, 5.41) is 3.42. The van der Waals surface area contributed by atoms with E-state index in [1.807, 2.05) is 39.8 Å². The molecule has 1 atom stereocenters. The van der Waals surface area contributed by atoms with Crippen molar-refractivity contribution in [3.8, 4) is 0 Å². The largest absolute Gasteiger partial charge is 0.768 e. The Bertz CT molecular complexity index is 514. The highest BCUT2D eigenvalue weighted by molar-refractivity contribution is 7.79. The number of piperidine rings is 1. The summed E-state index contributed by atoms with van der Waals surface area (Å²) in [7, 11) is 0. The first-order chi connectivity index (χ1) is 12.7. The van der Waals surface area contributed by atoms with Crippen LogP contribution in [0.4, 0.5) is 5.69 Å². The third kappa shape index (κ3) is 7.35. The number of nitrogens with zero attached hydrogens (tertiary/aromatic N) is 2. The molecule has 6 heteroatoms. The Morgan fingerprint density at radius 2 is 1.69 bits per heavy atom. The normalized spacial score (nSPS) is 19.7. The highest BCUT2D eigenvalue weighted by Gasteiger charge is 2.21. The van der Waals surface area contributed by atoms with Crippen LogP contribution in [0.3, 0.4) is 0 Å². The Labute approximate surface area is 162 Å². The van der Waals surface area contributed by atoms with Gasteiger partial charge in [-0.3, -0.25) is 9.11 Å². The minimum Gasteiger partial charge on any atom is -0.768 e. The highest BCUT2D eigenvalue weighted by atomic mass is 32.2.